The Morgan fingerprint density at radius 1 is 1.21 bits per heavy atom. The molecule has 0 unspecified atom stereocenters. The van der Waals surface area contributed by atoms with Gasteiger partial charge in [0.1, 0.15) is 12.4 Å². The third-order valence-electron chi connectivity index (χ3n) is 2.80. The molecular formula is C16H15BrO2. The number of rotatable bonds is 4. The van der Waals surface area contributed by atoms with Gasteiger partial charge in [-0.2, -0.15) is 0 Å². The summed E-state index contributed by atoms with van der Waals surface area (Å²) in [7, 11) is 0. The smallest absolute Gasteiger partial charge is 0.163 e. The maximum atomic E-state index is 11.6. The molecule has 0 fully saturated rings. The summed E-state index contributed by atoms with van der Waals surface area (Å²) in [5.41, 5.74) is 2.75. The second kappa shape index (κ2) is 6.02. The van der Waals surface area contributed by atoms with E-state index in [2.05, 4.69) is 15.9 Å². The van der Waals surface area contributed by atoms with Crippen molar-refractivity contribution in [1.29, 1.82) is 0 Å². The van der Waals surface area contributed by atoms with Crippen LogP contribution in [-0.4, -0.2) is 5.78 Å². The van der Waals surface area contributed by atoms with E-state index < -0.39 is 0 Å². The fraction of sp³-hybridized carbons (Fsp3) is 0.188. The molecule has 0 atom stereocenters. The summed E-state index contributed by atoms with van der Waals surface area (Å²) in [5.74, 6) is 0.658. The standard InChI is InChI=1S/C16H15BrO2/c1-11-6-7-16(15(8-11)12(2)18)19-10-13-4-3-5-14(17)9-13/h3-9H,10H2,1-2H3. The van der Waals surface area contributed by atoms with Crippen molar-refractivity contribution in [3.05, 3.63) is 63.6 Å². The highest BCUT2D eigenvalue weighted by atomic mass is 79.9. The molecule has 2 aromatic carbocycles. The highest BCUT2D eigenvalue weighted by Gasteiger charge is 2.08. The van der Waals surface area contributed by atoms with Crippen LogP contribution in [0.5, 0.6) is 5.75 Å². The quantitative estimate of drug-likeness (QED) is 0.774. The minimum atomic E-state index is 0.0212. The van der Waals surface area contributed by atoms with Crippen molar-refractivity contribution < 1.29 is 9.53 Å². The van der Waals surface area contributed by atoms with E-state index in [0.717, 1.165) is 15.6 Å². The first-order valence-electron chi connectivity index (χ1n) is 6.05. The van der Waals surface area contributed by atoms with E-state index in [-0.39, 0.29) is 5.78 Å². The van der Waals surface area contributed by atoms with Crippen LogP contribution >= 0.6 is 15.9 Å². The lowest BCUT2D eigenvalue weighted by atomic mass is 10.1. The van der Waals surface area contributed by atoms with Crippen molar-refractivity contribution in [3.63, 3.8) is 0 Å². The van der Waals surface area contributed by atoms with Crippen LogP contribution in [0.4, 0.5) is 0 Å². The molecule has 2 aromatic rings. The number of ether oxygens (including phenoxy) is 1. The second-order valence-electron chi connectivity index (χ2n) is 4.47. The van der Waals surface area contributed by atoms with Gasteiger partial charge in [-0.25, -0.2) is 0 Å². The van der Waals surface area contributed by atoms with Crippen molar-refractivity contribution in [2.75, 3.05) is 0 Å². The number of ketones is 1. The minimum Gasteiger partial charge on any atom is -0.488 e. The molecule has 0 aromatic heterocycles. The zero-order valence-corrected chi connectivity index (χ0v) is 12.5. The molecule has 0 aliphatic carbocycles. The Morgan fingerprint density at radius 2 is 2.00 bits per heavy atom. The zero-order chi connectivity index (χ0) is 13.8. The van der Waals surface area contributed by atoms with Crippen LogP contribution in [0, 0.1) is 6.92 Å². The summed E-state index contributed by atoms with van der Waals surface area (Å²) in [4.78, 5) is 11.6. The van der Waals surface area contributed by atoms with Crippen molar-refractivity contribution in [1.82, 2.24) is 0 Å². The molecule has 0 spiro atoms. The maximum absolute atomic E-state index is 11.6. The normalized spacial score (nSPS) is 10.3. The van der Waals surface area contributed by atoms with Crippen LogP contribution in [0.15, 0.2) is 46.9 Å². The fourth-order valence-corrected chi connectivity index (χ4v) is 2.28. The molecule has 2 rings (SSSR count). The van der Waals surface area contributed by atoms with Gasteiger partial charge in [0, 0.05) is 4.47 Å². The fourth-order valence-electron chi connectivity index (χ4n) is 1.83. The second-order valence-corrected chi connectivity index (χ2v) is 5.39. The van der Waals surface area contributed by atoms with Gasteiger partial charge in [0.2, 0.25) is 0 Å². The average molecular weight is 319 g/mol. The number of carbonyl (C=O) groups is 1. The van der Waals surface area contributed by atoms with Gasteiger partial charge in [-0.3, -0.25) is 4.79 Å². The Bertz CT molecular complexity index is 605. The van der Waals surface area contributed by atoms with Gasteiger partial charge in [-0.1, -0.05) is 39.7 Å². The summed E-state index contributed by atoms with van der Waals surface area (Å²) in [6, 6.07) is 13.6. The first kappa shape index (κ1) is 13.8. The average Bonchev–Trinajstić information content (AvgIpc) is 2.37. The van der Waals surface area contributed by atoms with Crippen molar-refractivity contribution in [2.24, 2.45) is 0 Å². The van der Waals surface area contributed by atoms with Gasteiger partial charge in [0.25, 0.3) is 0 Å². The van der Waals surface area contributed by atoms with Crippen molar-refractivity contribution in [3.8, 4) is 5.75 Å². The van der Waals surface area contributed by atoms with Crippen LogP contribution in [0.1, 0.15) is 28.4 Å². The molecule has 98 valence electrons. The molecule has 0 saturated carbocycles. The molecular weight excluding hydrogens is 304 g/mol. The van der Waals surface area contributed by atoms with Crippen LogP contribution in [0.3, 0.4) is 0 Å². The van der Waals surface area contributed by atoms with Gasteiger partial charge in [0.05, 0.1) is 5.56 Å². The molecule has 0 bridgehead atoms. The van der Waals surface area contributed by atoms with E-state index in [1.165, 1.54) is 0 Å². The summed E-state index contributed by atoms with van der Waals surface area (Å²) in [6.07, 6.45) is 0. The van der Waals surface area contributed by atoms with Crippen LogP contribution in [-0.2, 0) is 6.61 Å². The molecule has 2 nitrogen and oxygen atoms in total. The lowest BCUT2D eigenvalue weighted by Crippen LogP contribution is -2.02. The Hall–Kier alpha value is -1.61. The molecule has 0 radical (unpaired) electrons. The van der Waals surface area contributed by atoms with Crippen LogP contribution in [0.25, 0.3) is 0 Å². The summed E-state index contributed by atoms with van der Waals surface area (Å²) in [5, 5.41) is 0. The maximum Gasteiger partial charge on any atom is 0.163 e. The van der Waals surface area contributed by atoms with Gasteiger partial charge in [-0.15, -0.1) is 0 Å². The van der Waals surface area contributed by atoms with Gasteiger partial charge >= 0.3 is 0 Å². The minimum absolute atomic E-state index is 0.0212. The Morgan fingerprint density at radius 3 is 2.68 bits per heavy atom. The van der Waals surface area contributed by atoms with E-state index in [1.54, 1.807) is 6.92 Å². The SMILES string of the molecule is CC(=O)c1cc(C)ccc1OCc1cccc(Br)c1. The van der Waals surface area contributed by atoms with Crippen LogP contribution < -0.4 is 4.74 Å². The van der Waals surface area contributed by atoms with Gasteiger partial charge in [0.15, 0.2) is 5.78 Å². The Kier molecular flexibility index (Phi) is 4.38. The highest BCUT2D eigenvalue weighted by Crippen LogP contribution is 2.22. The topological polar surface area (TPSA) is 26.3 Å². The largest absolute Gasteiger partial charge is 0.488 e. The lowest BCUT2D eigenvalue weighted by Gasteiger charge is -2.11. The van der Waals surface area contributed by atoms with E-state index in [4.69, 9.17) is 4.74 Å². The zero-order valence-electron chi connectivity index (χ0n) is 10.9. The molecule has 0 saturated heterocycles. The van der Waals surface area contributed by atoms with E-state index >= 15 is 0 Å². The lowest BCUT2D eigenvalue weighted by molar-refractivity contribution is 0.101. The predicted molar refractivity (Wildman–Crippen MR) is 79.7 cm³/mol. The number of Topliss-reactive ketones (excluding diaryl/α,β-unsaturated/α-hetero) is 1. The Balaban J connectivity index is 2.17. The summed E-state index contributed by atoms with van der Waals surface area (Å²) in [6.45, 7) is 3.97. The van der Waals surface area contributed by atoms with Crippen LogP contribution in [0.2, 0.25) is 0 Å². The number of aryl methyl sites for hydroxylation is 1. The van der Waals surface area contributed by atoms with Gasteiger partial charge in [-0.05, 0) is 43.7 Å². The first-order valence-corrected chi connectivity index (χ1v) is 6.84. The van der Waals surface area contributed by atoms with Gasteiger partial charge < -0.3 is 4.74 Å². The molecule has 0 aliphatic heterocycles. The number of hydrogen-bond donors (Lipinski definition) is 0. The first-order chi connectivity index (χ1) is 9.06. The number of carbonyl (C=O) groups excluding carboxylic acids is 1. The summed E-state index contributed by atoms with van der Waals surface area (Å²) < 4.78 is 6.77. The molecule has 0 heterocycles. The van der Waals surface area contributed by atoms with E-state index in [1.807, 2.05) is 49.4 Å². The van der Waals surface area contributed by atoms with Crippen molar-refractivity contribution >= 4 is 21.7 Å². The van der Waals surface area contributed by atoms with E-state index in [9.17, 15) is 4.79 Å². The molecule has 0 N–H and O–H groups in total. The Labute approximate surface area is 121 Å². The number of benzene rings is 2. The van der Waals surface area contributed by atoms with Crippen molar-refractivity contribution in [2.45, 2.75) is 20.5 Å². The third kappa shape index (κ3) is 3.67. The van der Waals surface area contributed by atoms with E-state index in [0.29, 0.717) is 17.9 Å². The highest BCUT2D eigenvalue weighted by molar-refractivity contribution is 9.10. The summed E-state index contributed by atoms with van der Waals surface area (Å²) >= 11 is 3.43. The number of halogens is 1. The molecule has 0 amide bonds. The molecule has 19 heavy (non-hydrogen) atoms. The monoisotopic (exact) mass is 318 g/mol. The predicted octanol–water partition coefficient (Wildman–Crippen LogP) is 4.54. The third-order valence-corrected chi connectivity index (χ3v) is 3.29. The molecule has 3 heteroatoms. The number of hydrogen-bond acceptors (Lipinski definition) is 2. The molecule has 0 aliphatic rings.